The maximum Gasteiger partial charge on any atom is 0.246 e. The van der Waals surface area contributed by atoms with E-state index in [9.17, 15) is 9.59 Å². The van der Waals surface area contributed by atoms with Gasteiger partial charge < -0.3 is 15.1 Å². The van der Waals surface area contributed by atoms with Gasteiger partial charge in [-0.1, -0.05) is 12.1 Å². The van der Waals surface area contributed by atoms with Crippen LogP contribution < -0.4 is 10.2 Å². The van der Waals surface area contributed by atoms with E-state index in [2.05, 4.69) is 12.2 Å². The monoisotopic (exact) mass is 313 g/mol. The number of amides is 2. The third kappa shape index (κ3) is 3.79. The second kappa shape index (κ2) is 6.96. The summed E-state index contributed by atoms with van der Waals surface area (Å²) in [7, 11) is 0. The van der Waals surface area contributed by atoms with Gasteiger partial charge in [-0.3, -0.25) is 9.59 Å². The van der Waals surface area contributed by atoms with E-state index < -0.39 is 0 Å². The van der Waals surface area contributed by atoms with Crippen LogP contribution in [-0.2, 0) is 9.59 Å². The Morgan fingerprint density at radius 3 is 2.70 bits per heavy atom. The van der Waals surface area contributed by atoms with Gasteiger partial charge in [0.15, 0.2) is 0 Å². The fourth-order valence-electron chi connectivity index (χ4n) is 3.09. The number of rotatable bonds is 3. The maximum atomic E-state index is 12.2. The molecule has 1 aromatic rings. The van der Waals surface area contributed by atoms with Crippen LogP contribution in [0.5, 0.6) is 0 Å². The van der Waals surface area contributed by atoms with Crippen molar-refractivity contribution in [2.45, 2.75) is 25.8 Å². The van der Waals surface area contributed by atoms with E-state index in [0.29, 0.717) is 12.5 Å². The van der Waals surface area contributed by atoms with Gasteiger partial charge >= 0.3 is 0 Å². The minimum atomic E-state index is 0.0529. The average Bonchev–Trinajstić information content (AvgIpc) is 2.99. The number of benzene rings is 1. The molecule has 5 heteroatoms. The van der Waals surface area contributed by atoms with Crippen LogP contribution in [0.25, 0.3) is 6.08 Å². The molecule has 0 spiro atoms. The third-order valence-electron chi connectivity index (χ3n) is 4.38. The van der Waals surface area contributed by atoms with Crippen molar-refractivity contribution in [3.63, 3.8) is 0 Å². The van der Waals surface area contributed by atoms with Crippen LogP contribution in [0.1, 0.15) is 25.3 Å². The van der Waals surface area contributed by atoms with Crippen molar-refractivity contribution in [1.29, 1.82) is 0 Å². The molecule has 0 saturated carbocycles. The molecule has 5 nitrogen and oxygen atoms in total. The van der Waals surface area contributed by atoms with Crippen molar-refractivity contribution in [2.24, 2.45) is 0 Å². The van der Waals surface area contributed by atoms with Gasteiger partial charge in [0.1, 0.15) is 0 Å². The molecule has 1 aromatic carbocycles. The molecule has 23 heavy (non-hydrogen) atoms. The Morgan fingerprint density at radius 1 is 1.26 bits per heavy atom. The van der Waals surface area contributed by atoms with Gasteiger partial charge in [-0.15, -0.1) is 0 Å². The highest BCUT2D eigenvalue weighted by molar-refractivity contribution is 5.95. The van der Waals surface area contributed by atoms with Gasteiger partial charge in [-0.25, -0.2) is 0 Å². The van der Waals surface area contributed by atoms with Crippen LogP contribution in [0, 0.1) is 0 Å². The summed E-state index contributed by atoms with van der Waals surface area (Å²) in [5.74, 6) is 0.244. The fourth-order valence-corrected chi connectivity index (χ4v) is 3.09. The van der Waals surface area contributed by atoms with Gasteiger partial charge in [0.25, 0.3) is 0 Å². The Labute approximate surface area is 137 Å². The second-order valence-electron chi connectivity index (χ2n) is 6.21. The first-order valence-electron chi connectivity index (χ1n) is 8.24. The smallest absolute Gasteiger partial charge is 0.246 e. The van der Waals surface area contributed by atoms with Gasteiger partial charge in [0.05, 0.1) is 0 Å². The first-order chi connectivity index (χ1) is 11.1. The number of nitrogens with zero attached hydrogens (tertiary/aromatic N) is 2. The van der Waals surface area contributed by atoms with Crippen molar-refractivity contribution in [2.75, 3.05) is 31.1 Å². The summed E-state index contributed by atoms with van der Waals surface area (Å²) in [6.07, 6.45) is 5.04. The van der Waals surface area contributed by atoms with E-state index in [1.165, 1.54) is 0 Å². The molecule has 0 aromatic heterocycles. The van der Waals surface area contributed by atoms with Crippen LogP contribution >= 0.6 is 0 Å². The van der Waals surface area contributed by atoms with E-state index in [1.54, 1.807) is 6.08 Å². The standard InChI is InChI=1S/C18H23N3O2/c1-14-13-20(12-10-19-14)17(22)9-6-15-4-7-16(8-5-15)21-11-2-3-18(21)23/h4-9,14,19H,2-3,10-13H2,1H3/b9-6+/t14-/m0/s1. The van der Waals surface area contributed by atoms with E-state index in [1.807, 2.05) is 40.1 Å². The second-order valence-corrected chi connectivity index (χ2v) is 6.21. The van der Waals surface area contributed by atoms with Gasteiger partial charge in [-0.2, -0.15) is 0 Å². The van der Waals surface area contributed by atoms with Crippen LogP contribution in [0.3, 0.4) is 0 Å². The minimum absolute atomic E-state index is 0.0529. The Morgan fingerprint density at radius 2 is 2.04 bits per heavy atom. The number of piperazine rings is 1. The number of nitrogens with one attached hydrogen (secondary N) is 1. The lowest BCUT2D eigenvalue weighted by molar-refractivity contribution is -0.127. The van der Waals surface area contributed by atoms with E-state index >= 15 is 0 Å². The predicted octanol–water partition coefficient (Wildman–Crippen LogP) is 1.65. The molecule has 0 bridgehead atoms. The normalized spacial score (nSPS) is 22.1. The first kappa shape index (κ1) is 15.7. The molecule has 2 amide bonds. The zero-order valence-electron chi connectivity index (χ0n) is 13.5. The lowest BCUT2D eigenvalue weighted by Crippen LogP contribution is -2.50. The molecule has 1 N–H and O–H groups in total. The van der Waals surface area contributed by atoms with Crippen molar-refractivity contribution in [3.05, 3.63) is 35.9 Å². The SMILES string of the molecule is C[C@H]1CN(C(=O)/C=C/c2ccc(N3CCCC3=O)cc2)CCN1. The quantitative estimate of drug-likeness (QED) is 0.863. The molecule has 2 aliphatic heterocycles. The van der Waals surface area contributed by atoms with Gasteiger partial charge in [0.2, 0.25) is 11.8 Å². The summed E-state index contributed by atoms with van der Waals surface area (Å²) in [6, 6.07) is 8.13. The summed E-state index contributed by atoms with van der Waals surface area (Å²) in [6.45, 7) is 5.23. The molecular formula is C18H23N3O2. The van der Waals surface area contributed by atoms with Crippen LogP contribution in [0.4, 0.5) is 5.69 Å². The average molecular weight is 313 g/mol. The van der Waals surface area contributed by atoms with Crippen molar-refractivity contribution >= 4 is 23.6 Å². The third-order valence-corrected chi connectivity index (χ3v) is 4.38. The molecular weight excluding hydrogens is 290 g/mol. The maximum absolute atomic E-state index is 12.2. The summed E-state index contributed by atoms with van der Waals surface area (Å²) in [5.41, 5.74) is 1.91. The molecule has 2 saturated heterocycles. The van der Waals surface area contributed by atoms with Crippen LogP contribution in [0.2, 0.25) is 0 Å². The molecule has 1 atom stereocenters. The van der Waals surface area contributed by atoms with Crippen molar-refractivity contribution in [3.8, 4) is 0 Å². The molecule has 122 valence electrons. The highest BCUT2D eigenvalue weighted by Crippen LogP contribution is 2.21. The van der Waals surface area contributed by atoms with Crippen LogP contribution in [0.15, 0.2) is 30.3 Å². The summed E-state index contributed by atoms with van der Waals surface area (Å²) in [5, 5.41) is 3.33. The largest absolute Gasteiger partial charge is 0.336 e. The highest BCUT2D eigenvalue weighted by Gasteiger charge is 2.21. The molecule has 2 fully saturated rings. The zero-order chi connectivity index (χ0) is 16.2. The van der Waals surface area contributed by atoms with Crippen LogP contribution in [-0.4, -0.2) is 48.9 Å². The summed E-state index contributed by atoms with van der Waals surface area (Å²) in [4.78, 5) is 27.6. The van der Waals surface area contributed by atoms with E-state index in [-0.39, 0.29) is 11.8 Å². The lowest BCUT2D eigenvalue weighted by atomic mass is 10.1. The summed E-state index contributed by atoms with van der Waals surface area (Å²) >= 11 is 0. The Bertz CT molecular complexity index is 609. The predicted molar refractivity (Wildman–Crippen MR) is 91.1 cm³/mol. The minimum Gasteiger partial charge on any atom is -0.336 e. The molecule has 0 aliphatic carbocycles. The number of anilines is 1. The van der Waals surface area contributed by atoms with E-state index in [4.69, 9.17) is 0 Å². The molecule has 3 rings (SSSR count). The van der Waals surface area contributed by atoms with Crippen molar-refractivity contribution < 1.29 is 9.59 Å². The van der Waals surface area contributed by atoms with Gasteiger partial charge in [-0.05, 0) is 37.1 Å². The summed E-state index contributed by atoms with van der Waals surface area (Å²) < 4.78 is 0. The highest BCUT2D eigenvalue weighted by atomic mass is 16.2. The molecule has 0 radical (unpaired) electrons. The number of carbonyl (C=O) groups is 2. The first-order valence-corrected chi connectivity index (χ1v) is 8.24. The number of hydrogen-bond acceptors (Lipinski definition) is 3. The lowest BCUT2D eigenvalue weighted by Gasteiger charge is -2.31. The molecule has 2 aliphatic rings. The topological polar surface area (TPSA) is 52.7 Å². The Hall–Kier alpha value is -2.14. The van der Waals surface area contributed by atoms with E-state index in [0.717, 1.165) is 43.9 Å². The van der Waals surface area contributed by atoms with Gasteiger partial charge in [0, 0.05) is 50.4 Å². The fraction of sp³-hybridized carbons (Fsp3) is 0.444. The zero-order valence-corrected chi connectivity index (χ0v) is 13.5. The number of carbonyl (C=O) groups excluding carboxylic acids is 2. The van der Waals surface area contributed by atoms with Crippen molar-refractivity contribution in [1.82, 2.24) is 10.2 Å². The number of hydrogen-bond donors (Lipinski definition) is 1. The Balaban J connectivity index is 1.61. The Kier molecular flexibility index (Phi) is 4.76. The molecule has 0 unspecified atom stereocenters. The molecule has 2 heterocycles.